The first-order valence-corrected chi connectivity index (χ1v) is 13.6. The molecule has 1 heterocycles. The third kappa shape index (κ3) is 6.92. The van der Waals surface area contributed by atoms with E-state index in [2.05, 4.69) is 18.7 Å². The van der Waals surface area contributed by atoms with E-state index in [0.717, 1.165) is 35.3 Å². The lowest BCUT2D eigenvalue weighted by molar-refractivity contribution is 0.00691. The molecule has 1 aromatic heterocycles. The molecular formula is C32H36FN3O3. The van der Waals surface area contributed by atoms with Gasteiger partial charge in [0, 0.05) is 19.1 Å². The van der Waals surface area contributed by atoms with Gasteiger partial charge in [-0.15, -0.1) is 0 Å². The second-order valence-electron chi connectivity index (χ2n) is 10.4. The highest BCUT2D eigenvalue weighted by Gasteiger charge is 2.33. The highest BCUT2D eigenvalue weighted by Crippen LogP contribution is 2.37. The largest absolute Gasteiger partial charge is 0.435 e. The van der Waals surface area contributed by atoms with Gasteiger partial charge < -0.3 is 14.6 Å². The average molecular weight is 530 g/mol. The quantitative estimate of drug-likeness (QED) is 0.215. The molecule has 0 bridgehead atoms. The Labute approximate surface area is 229 Å². The van der Waals surface area contributed by atoms with E-state index in [1.165, 1.54) is 6.07 Å². The molecule has 204 valence electrons. The highest BCUT2D eigenvalue weighted by molar-refractivity contribution is 5.44. The van der Waals surface area contributed by atoms with Crippen LogP contribution in [0.5, 0.6) is 11.6 Å². The lowest BCUT2D eigenvalue weighted by Crippen LogP contribution is -2.36. The maximum absolute atomic E-state index is 14.7. The minimum absolute atomic E-state index is 0.119. The summed E-state index contributed by atoms with van der Waals surface area (Å²) in [6, 6.07) is 26.5. The van der Waals surface area contributed by atoms with Gasteiger partial charge in [0.25, 0.3) is 0 Å². The molecule has 6 nitrogen and oxygen atoms in total. The second-order valence-corrected chi connectivity index (χ2v) is 10.4. The van der Waals surface area contributed by atoms with E-state index in [0.29, 0.717) is 31.6 Å². The molecule has 4 aromatic rings. The standard InChI is InChI=1S/C32H36FN3O3/c1-23(2)31-28(20-35(25-17-18-25)19-27(37)22-38-21-24-11-5-3-6-12-24)32(39-30-16-10-9-15-29(30)33)36(34-31)26-13-7-4-8-14-26/h3-16,23,25,27,37H,17-22H2,1-2H3/t27-/m1/s1. The van der Waals surface area contributed by atoms with Gasteiger partial charge in [0.15, 0.2) is 11.6 Å². The number of rotatable bonds is 13. The monoisotopic (exact) mass is 529 g/mol. The van der Waals surface area contributed by atoms with E-state index in [4.69, 9.17) is 14.6 Å². The van der Waals surface area contributed by atoms with Gasteiger partial charge in [-0.05, 0) is 48.6 Å². The Morgan fingerprint density at radius 3 is 2.31 bits per heavy atom. The maximum atomic E-state index is 14.7. The fourth-order valence-corrected chi connectivity index (χ4v) is 4.74. The molecule has 0 unspecified atom stereocenters. The van der Waals surface area contributed by atoms with Crippen molar-refractivity contribution in [2.75, 3.05) is 13.2 Å². The van der Waals surface area contributed by atoms with Crippen LogP contribution in [0.15, 0.2) is 84.9 Å². The predicted octanol–water partition coefficient (Wildman–Crippen LogP) is 6.47. The number of para-hydroxylation sites is 2. The summed E-state index contributed by atoms with van der Waals surface area (Å²) >= 11 is 0. The first-order chi connectivity index (χ1) is 19.0. The first-order valence-electron chi connectivity index (χ1n) is 13.6. The summed E-state index contributed by atoms with van der Waals surface area (Å²) in [5, 5.41) is 15.8. The fourth-order valence-electron chi connectivity index (χ4n) is 4.74. The maximum Gasteiger partial charge on any atom is 0.227 e. The number of halogens is 1. The Morgan fingerprint density at radius 1 is 0.974 bits per heavy atom. The second kappa shape index (κ2) is 12.6. The number of hydrogen-bond donors (Lipinski definition) is 1. The number of ether oxygens (including phenoxy) is 2. The van der Waals surface area contributed by atoms with E-state index < -0.39 is 11.9 Å². The van der Waals surface area contributed by atoms with Crippen molar-refractivity contribution in [2.24, 2.45) is 0 Å². The Morgan fingerprint density at radius 2 is 1.64 bits per heavy atom. The summed E-state index contributed by atoms with van der Waals surface area (Å²) in [6.07, 6.45) is 1.51. The normalized spacial score (nSPS) is 14.2. The van der Waals surface area contributed by atoms with E-state index in [1.54, 1.807) is 22.9 Å². The number of benzene rings is 3. The summed E-state index contributed by atoms with van der Waals surface area (Å²) < 4.78 is 28.6. The summed E-state index contributed by atoms with van der Waals surface area (Å²) in [5.41, 5.74) is 3.71. The van der Waals surface area contributed by atoms with Gasteiger partial charge in [-0.3, -0.25) is 4.90 Å². The number of aliphatic hydroxyl groups excluding tert-OH is 1. The van der Waals surface area contributed by atoms with Crippen LogP contribution >= 0.6 is 0 Å². The molecule has 7 heteroatoms. The fraction of sp³-hybridized carbons (Fsp3) is 0.344. The van der Waals surface area contributed by atoms with Crippen molar-refractivity contribution in [1.29, 1.82) is 0 Å². The van der Waals surface area contributed by atoms with E-state index >= 15 is 0 Å². The van der Waals surface area contributed by atoms with Crippen molar-refractivity contribution < 1.29 is 19.0 Å². The molecular weight excluding hydrogens is 493 g/mol. The number of aliphatic hydroxyl groups is 1. The van der Waals surface area contributed by atoms with Gasteiger partial charge in [-0.25, -0.2) is 9.07 Å². The third-order valence-corrected chi connectivity index (χ3v) is 6.85. The summed E-state index contributed by atoms with van der Waals surface area (Å²) in [4.78, 5) is 2.28. The zero-order valence-corrected chi connectivity index (χ0v) is 22.5. The van der Waals surface area contributed by atoms with Crippen LogP contribution in [0.25, 0.3) is 5.69 Å². The van der Waals surface area contributed by atoms with Crippen LogP contribution in [0.2, 0.25) is 0 Å². The van der Waals surface area contributed by atoms with Gasteiger partial charge in [-0.1, -0.05) is 74.5 Å². The Balaban J connectivity index is 1.41. The lowest BCUT2D eigenvalue weighted by atomic mass is 10.1. The topological polar surface area (TPSA) is 59.8 Å². The zero-order chi connectivity index (χ0) is 27.2. The summed E-state index contributed by atoms with van der Waals surface area (Å²) in [7, 11) is 0. The molecule has 1 saturated carbocycles. The van der Waals surface area contributed by atoms with E-state index in [9.17, 15) is 9.50 Å². The SMILES string of the molecule is CC(C)c1nn(-c2ccccc2)c(Oc2ccccc2F)c1CN(C[C@@H](O)COCc1ccccc1)C1CC1. The smallest absolute Gasteiger partial charge is 0.227 e. The Bertz CT molecular complexity index is 1340. The van der Waals surface area contributed by atoms with Crippen LogP contribution in [0.1, 0.15) is 49.4 Å². The third-order valence-electron chi connectivity index (χ3n) is 6.85. The number of nitrogens with zero attached hydrogens (tertiary/aromatic N) is 3. The van der Waals surface area contributed by atoms with E-state index in [-0.39, 0.29) is 18.3 Å². The van der Waals surface area contributed by atoms with Gasteiger partial charge in [0.2, 0.25) is 5.88 Å². The molecule has 1 aliphatic carbocycles. The molecule has 0 amide bonds. The summed E-state index contributed by atoms with van der Waals surface area (Å²) in [6.45, 7) is 5.90. The molecule has 1 aliphatic rings. The van der Waals surface area contributed by atoms with Gasteiger partial charge >= 0.3 is 0 Å². The molecule has 0 radical (unpaired) electrons. The molecule has 39 heavy (non-hydrogen) atoms. The van der Waals surface area contributed by atoms with Gasteiger partial charge in [-0.2, -0.15) is 5.10 Å². The predicted molar refractivity (Wildman–Crippen MR) is 150 cm³/mol. The van der Waals surface area contributed by atoms with Crippen molar-refractivity contribution in [3.05, 3.63) is 108 Å². The number of aromatic nitrogens is 2. The minimum Gasteiger partial charge on any atom is -0.435 e. The molecule has 1 atom stereocenters. The molecule has 0 aliphatic heterocycles. The molecule has 3 aromatic carbocycles. The molecule has 1 N–H and O–H groups in total. The van der Waals surface area contributed by atoms with Crippen LogP contribution < -0.4 is 4.74 Å². The van der Waals surface area contributed by atoms with Crippen LogP contribution in [0.3, 0.4) is 0 Å². The van der Waals surface area contributed by atoms with Crippen LogP contribution in [0, 0.1) is 5.82 Å². The van der Waals surface area contributed by atoms with E-state index in [1.807, 2.05) is 60.7 Å². The van der Waals surface area contributed by atoms with Crippen LogP contribution in [-0.4, -0.2) is 45.1 Å². The molecule has 0 spiro atoms. The lowest BCUT2D eigenvalue weighted by Gasteiger charge is -2.26. The minimum atomic E-state index is -0.642. The average Bonchev–Trinajstić information content (AvgIpc) is 3.73. The number of hydrogen-bond acceptors (Lipinski definition) is 5. The van der Waals surface area contributed by atoms with Gasteiger partial charge in [0.1, 0.15) is 0 Å². The van der Waals surface area contributed by atoms with Gasteiger partial charge in [0.05, 0.1) is 36.3 Å². The molecule has 0 saturated heterocycles. The van der Waals surface area contributed by atoms with Crippen LogP contribution in [0.4, 0.5) is 4.39 Å². The van der Waals surface area contributed by atoms with Crippen molar-refractivity contribution in [2.45, 2.75) is 57.9 Å². The van der Waals surface area contributed by atoms with Crippen LogP contribution in [-0.2, 0) is 17.9 Å². The Kier molecular flexibility index (Phi) is 8.71. The highest BCUT2D eigenvalue weighted by atomic mass is 19.1. The van der Waals surface area contributed by atoms with Crippen molar-refractivity contribution in [3.63, 3.8) is 0 Å². The Hall–Kier alpha value is -3.52. The molecule has 5 rings (SSSR count). The zero-order valence-electron chi connectivity index (χ0n) is 22.5. The molecule has 1 fully saturated rings. The van der Waals surface area contributed by atoms with Crippen molar-refractivity contribution >= 4 is 0 Å². The first kappa shape index (κ1) is 27.1. The summed E-state index contributed by atoms with van der Waals surface area (Å²) in [5.74, 6) is 0.336. The van der Waals surface area contributed by atoms with Crippen molar-refractivity contribution in [3.8, 4) is 17.3 Å². The van der Waals surface area contributed by atoms with Crippen molar-refractivity contribution in [1.82, 2.24) is 14.7 Å².